The maximum absolute atomic E-state index is 12.4. The number of non-ortho nitro benzene ring substituents is 1. The summed E-state index contributed by atoms with van der Waals surface area (Å²) in [7, 11) is 0. The molecule has 28 heavy (non-hydrogen) atoms. The highest BCUT2D eigenvalue weighted by Crippen LogP contribution is 2.34. The fraction of sp³-hybridized carbons (Fsp3) is 0.200. The summed E-state index contributed by atoms with van der Waals surface area (Å²) in [5, 5.41) is 10.6. The van der Waals surface area contributed by atoms with Gasteiger partial charge in [-0.3, -0.25) is 24.6 Å². The van der Waals surface area contributed by atoms with Crippen LogP contribution in [-0.2, 0) is 11.4 Å². The molecule has 1 fully saturated rings. The molecule has 0 spiro atoms. The van der Waals surface area contributed by atoms with Crippen LogP contribution in [-0.4, -0.2) is 27.5 Å². The molecule has 1 aliphatic heterocycles. The van der Waals surface area contributed by atoms with E-state index in [-0.39, 0.29) is 23.4 Å². The number of para-hydroxylation sites is 1. The molecule has 0 radical (unpaired) electrons. The van der Waals surface area contributed by atoms with Crippen LogP contribution in [0.1, 0.15) is 24.5 Å². The number of carbonyl (C=O) groups is 2. The number of thioether (sulfide) groups is 1. The maximum atomic E-state index is 12.4. The van der Waals surface area contributed by atoms with Gasteiger partial charge in [0.15, 0.2) is 0 Å². The third-order valence-electron chi connectivity index (χ3n) is 4.04. The zero-order valence-corrected chi connectivity index (χ0v) is 16.0. The molecule has 0 bridgehead atoms. The summed E-state index contributed by atoms with van der Waals surface area (Å²) >= 11 is 0.913. The summed E-state index contributed by atoms with van der Waals surface area (Å²) < 4.78 is 5.82. The normalized spacial score (nSPS) is 15.3. The smallest absolute Gasteiger partial charge is 0.293 e. The molecular formula is C20H18N2O5S. The lowest BCUT2D eigenvalue weighted by Gasteiger charge is -2.10. The van der Waals surface area contributed by atoms with Gasteiger partial charge >= 0.3 is 0 Å². The van der Waals surface area contributed by atoms with Crippen molar-refractivity contribution in [2.24, 2.45) is 0 Å². The predicted molar refractivity (Wildman–Crippen MR) is 107 cm³/mol. The van der Waals surface area contributed by atoms with E-state index in [0.29, 0.717) is 34.7 Å². The van der Waals surface area contributed by atoms with Crippen molar-refractivity contribution in [3.8, 4) is 5.75 Å². The highest BCUT2D eigenvalue weighted by molar-refractivity contribution is 8.18. The third-order valence-corrected chi connectivity index (χ3v) is 4.95. The van der Waals surface area contributed by atoms with Gasteiger partial charge in [0.1, 0.15) is 12.4 Å². The molecule has 144 valence electrons. The molecule has 0 aliphatic carbocycles. The van der Waals surface area contributed by atoms with Crippen LogP contribution in [0.5, 0.6) is 5.75 Å². The van der Waals surface area contributed by atoms with E-state index < -0.39 is 4.92 Å². The summed E-state index contributed by atoms with van der Waals surface area (Å²) in [6, 6.07) is 13.4. The van der Waals surface area contributed by atoms with Crippen molar-refractivity contribution in [3.05, 3.63) is 74.7 Å². The standard InChI is InChI=1S/C20H18N2O5S/c1-2-10-21-19(23)18(28-20(21)24)12-15-7-3-4-9-17(15)27-13-14-6-5-8-16(11-14)22(25)26/h3-9,11-12H,2,10,13H2,1H3/b18-12+. The van der Waals surface area contributed by atoms with Crippen LogP contribution in [0.3, 0.4) is 0 Å². The van der Waals surface area contributed by atoms with E-state index in [0.717, 1.165) is 11.8 Å². The first kappa shape index (κ1) is 19.6. The van der Waals surface area contributed by atoms with E-state index in [2.05, 4.69) is 0 Å². The number of amides is 2. The first-order valence-electron chi connectivity index (χ1n) is 8.70. The highest BCUT2D eigenvalue weighted by Gasteiger charge is 2.34. The maximum Gasteiger partial charge on any atom is 0.293 e. The molecule has 1 saturated heterocycles. The molecule has 1 heterocycles. The number of rotatable bonds is 7. The fourth-order valence-electron chi connectivity index (χ4n) is 2.71. The van der Waals surface area contributed by atoms with Gasteiger partial charge in [0.2, 0.25) is 0 Å². The monoisotopic (exact) mass is 398 g/mol. The van der Waals surface area contributed by atoms with Gasteiger partial charge in [0.05, 0.1) is 9.83 Å². The SMILES string of the molecule is CCCN1C(=O)S/C(=C/c2ccccc2OCc2cccc([N+](=O)[O-])c2)C1=O. The first-order chi connectivity index (χ1) is 13.5. The topological polar surface area (TPSA) is 89.8 Å². The van der Waals surface area contributed by atoms with Crippen molar-refractivity contribution in [2.75, 3.05) is 6.54 Å². The molecule has 0 unspecified atom stereocenters. The van der Waals surface area contributed by atoms with E-state index >= 15 is 0 Å². The van der Waals surface area contributed by atoms with Crippen molar-refractivity contribution in [3.63, 3.8) is 0 Å². The van der Waals surface area contributed by atoms with E-state index in [9.17, 15) is 19.7 Å². The van der Waals surface area contributed by atoms with Crippen LogP contribution in [0.4, 0.5) is 10.5 Å². The Morgan fingerprint density at radius 2 is 1.96 bits per heavy atom. The highest BCUT2D eigenvalue weighted by atomic mass is 32.2. The number of benzene rings is 2. The Hall–Kier alpha value is -3.13. The lowest BCUT2D eigenvalue weighted by molar-refractivity contribution is -0.384. The van der Waals surface area contributed by atoms with E-state index in [1.165, 1.54) is 17.0 Å². The Bertz CT molecular complexity index is 957. The average Bonchev–Trinajstić information content (AvgIpc) is 2.95. The molecule has 0 atom stereocenters. The van der Waals surface area contributed by atoms with Crippen molar-refractivity contribution in [1.29, 1.82) is 0 Å². The molecule has 2 aromatic rings. The molecule has 8 heteroatoms. The summed E-state index contributed by atoms with van der Waals surface area (Å²) in [5.41, 5.74) is 1.32. The van der Waals surface area contributed by atoms with E-state index in [1.807, 2.05) is 13.0 Å². The van der Waals surface area contributed by atoms with Gasteiger partial charge in [0, 0.05) is 24.2 Å². The number of carbonyl (C=O) groups excluding carboxylic acids is 2. The van der Waals surface area contributed by atoms with Gasteiger partial charge in [0.25, 0.3) is 16.8 Å². The van der Waals surface area contributed by atoms with Gasteiger partial charge in [-0.25, -0.2) is 0 Å². The van der Waals surface area contributed by atoms with Gasteiger partial charge in [-0.1, -0.05) is 37.3 Å². The quantitative estimate of drug-likeness (QED) is 0.384. The Balaban J connectivity index is 1.79. The Labute approximate surface area is 166 Å². The van der Waals surface area contributed by atoms with Crippen LogP contribution >= 0.6 is 11.8 Å². The molecule has 1 aliphatic rings. The van der Waals surface area contributed by atoms with Gasteiger partial charge in [-0.15, -0.1) is 0 Å². The summed E-state index contributed by atoms with van der Waals surface area (Å²) in [5.74, 6) is 0.224. The van der Waals surface area contributed by atoms with Gasteiger partial charge in [-0.2, -0.15) is 0 Å². The lowest BCUT2D eigenvalue weighted by atomic mass is 10.1. The minimum Gasteiger partial charge on any atom is -0.488 e. The predicted octanol–water partition coefficient (Wildman–Crippen LogP) is 4.62. The zero-order valence-electron chi connectivity index (χ0n) is 15.2. The van der Waals surface area contributed by atoms with Crippen LogP contribution in [0, 0.1) is 10.1 Å². The molecule has 0 N–H and O–H groups in total. The molecule has 7 nitrogen and oxygen atoms in total. The Morgan fingerprint density at radius 3 is 2.71 bits per heavy atom. The van der Waals surface area contributed by atoms with Crippen LogP contribution in [0.15, 0.2) is 53.4 Å². The summed E-state index contributed by atoms with van der Waals surface area (Å²) in [6.45, 7) is 2.45. The summed E-state index contributed by atoms with van der Waals surface area (Å²) in [4.78, 5) is 36.4. The van der Waals surface area contributed by atoms with Crippen molar-refractivity contribution in [2.45, 2.75) is 20.0 Å². The second kappa shape index (κ2) is 8.71. The van der Waals surface area contributed by atoms with Crippen molar-refractivity contribution in [1.82, 2.24) is 4.90 Å². The number of hydrogen-bond acceptors (Lipinski definition) is 6. The molecule has 3 rings (SSSR count). The number of nitrogens with zero attached hydrogens (tertiary/aromatic N) is 2. The number of ether oxygens (including phenoxy) is 1. The van der Waals surface area contributed by atoms with E-state index in [1.54, 1.807) is 36.4 Å². The molecule has 0 aromatic heterocycles. The first-order valence-corrected chi connectivity index (χ1v) is 9.51. The second-order valence-electron chi connectivity index (χ2n) is 6.09. The average molecular weight is 398 g/mol. The van der Waals surface area contributed by atoms with Gasteiger partial charge < -0.3 is 4.74 Å². The zero-order chi connectivity index (χ0) is 20.1. The van der Waals surface area contributed by atoms with Crippen molar-refractivity contribution >= 4 is 34.7 Å². The lowest BCUT2D eigenvalue weighted by Crippen LogP contribution is -2.28. The Kier molecular flexibility index (Phi) is 6.10. The Morgan fingerprint density at radius 1 is 1.18 bits per heavy atom. The molecule has 2 amide bonds. The minimum atomic E-state index is -0.455. The summed E-state index contributed by atoms with van der Waals surface area (Å²) in [6.07, 6.45) is 2.34. The van der Waals surface area contributed by atoms with Crippen LogP contribution in [0.25, 0.3) is 6.08 Å². The molecule has 2 aromatic carbocycles. The second-order valence-corrected chi connectivity index (χ2v) is 7.08. The van der Waals surface area contributed by atoms with Crippen LogP contribution < -0.4 is 4.74 Å². The molecule has 0 saturated carbocycles. The number of imide groups is 1. The minimum absolute atomic E-state index is 0.000941. The molecular weight excluding hydrogens is 380 g/mol. The van der Waals surface area contributed by atoms with Gasteiger partial charge in [-0.05, 0) is 35.9 Å². The number of nitro benzene ring substituents is 1. The largest absolute Gasteiger partial charge is 0.488 e. The fourth-order valence-corrected chi connectivity index (χ4v) is 3.57. The van der Waals surface area contributed by atoms with Crippen molar-refractivity contribution < 1.29 is 19.2 Å². The number of nitro groups is 1. The van der Waals surface area contributed by atoms with Crippen LogP contribution in [0.2, 0.25) is 0 Å². The van der Waals surface area contributed by atoms with E-state index in [4.69, 9.17) is 4.74 Å². The third kappa shape index (κ3) is 4.40. The number of hydrogen-bond donors (Lipinski definition) is 0.